The summed E-state index contributed by atoms with van der Waals surface area (Å²) in [5, 5.41) is 5.77. The Bertz CT molecular complexity index is 919. The lowest BCUT2D eigenvalue weighted by Gasteiger charge is -2.37. The SMILES string of the molecule is CCC(C)NS(=O)(=O)c1ccc2c(c1)C1C=CCC1C(c1cccs1)N2. The summed E-state index contributed by atoms with van der Waals surface area (Å²) in [6.07, 6.45) is 6.25. The van der Waals surface area contributed by atoms with Crippen LogP contribution in [0.2, 0.25) is 0 Å². The van der Waals surface area contributed by atoms with Crippen LogP contribution in [-0.4, -0.2) is 14.5 Å². The number of hydrogen-bond donors (Lipinski definition) is 2. The molecule has 2 heterocycles. The van der Waals surface area contributed by atoms with Crippen molar-refractivity contribution in [3.05, 3.63) is 58.3 Å². The third-order valence-corrected chi connectivity index (χ3v) is 8.01. The van der Waals surface area contributed by atoms with Gasteiger partial charge in [-0.05, 0) is 60.9 Å². The van der Waals surface area contributed by atoms with Gasteiger partial charge in [0.05, 0.1) is 10.9 Å². The molecule has 4 unspecified atom stereocenters. The molecule has 4 atom stereocenters. The summed E-state index contributed by atoms with van der Waals surface area (Å²) in [5.41, 5.74) is 2.13. The van der Waals surface area contributed by atoms with E-state index < -0.39 is 10.0 Å². The maximum absolute atomic E-state index is 12.7. The molecule has 2 aromatic rings. The Morgan fingerprint density at radius 2 is 2.19 bits per heavy atom. The third-order valence-electron chi connectivity index (χ3n) is 5.46. The highest BCUT2D eigenvalue weighted by atomic mass is 32.2. The Kier molecular flexibility index (Phi) is 4.67. The molecular formula is C20H24N2O2S2. The Balaban J connectivity index is 1.71. The summed E-state index contributed by atoms with van der Waals surface area (Å²) >= 11 is 1.77. The minimum absolute atomic E-state index is 0.0727. The summed E-state index contributed by atoms with van der Waals surface area (Å²) in [7, 11) is -3.49. The molecule has 1 aromatic carbocycles. The normalized spacial score (nSPS) is 25.4. The van der Waals surface area contributed by atoms with Gasteiger partial charge in [0.2, 0.25) is 10.0 Å². The highest BCUT2D eigenvalue weighted by Crippen LogP contribution is 2.50. The first-order chi connectivity index (χ1) is 12.5. The number of sulfonamides is 1. The van der Waals surface area contributed by atoms with Crippen LogP contribution in [-0.2, 0) is 10.0 Å². The molecule has 26 heavy (non-hydrogen) atoms. The average Bonchev–Trinajstić information content (AvgIpc) is 3.32. The second-order valence-corrected chi connectivity index (χ2v) is 9.86. The van der Waals surface area contributed by atoms with E-state index in [9.17, 15) is 8.42 Å². The molecule has 2 aliphatic rings. The molecule has 0 saturated heterocycles. The van der Waals surface area contributed by atoms with Crippen LogP contribution in [0.4, 0.5) is 5.69 Å². The summed E-state index contributed by atoms with van der Waals surface area (Å²) in [6, 6.07) is 9.96. The quantitative estimate of drug-likeness (QED) is 0.733. The van der Waals surface area contributed by atoms with E-state index in [-0.39, 0.29) is 18.0 Å². The number of rotatable bonds is 5. The number of fused-ring (bicyclic) bond motifs is 3. The monoisotopic (exact) mass is 388 g/mol. The van der Waals surface area contributed by atoms with Crippen molar-refractivity contribution in [2.75, 3.05) is 5.32 Å². The number of anilines is 1. The number of allylic oxidation sites excluding steroid dienone is 2. The van der Waals surface area contributed by atoms with Gasteiger partial charge in [-0.3, -0.25) is 0 Å². The van der Waals surface area contributed by atoms with E-state index in [0.29, 0.717) is 10.8 Å². The lowest BCUT2D eigenvalue weighted by Crippen LogP contribution is -2.33. The number of benzene rings is 1. The molecule has 1 aliphatic heterocycles. The minimum Gasteiger partial charge on any atom is -0.377 e. The van der Waals surface area contributed by atoms with Crippen molar-refractivity contribution in [3.8, 4) is 0 Å². The highest BCUT2D eigenvalue weighted by molar-refractivity contribution is 7.89. The Hall–Kier alpha value is -1.63. The summed E-state index contributed by atoms with van der Waals surface area (Å²) in [6.45, 7) is 3.86. The number of thiophene rings is 1. The van der Waals surface area contributed by atoms with Gasteiger partial charge in [-0.25, -0.2) is 13.1 Å². The standard InChI is InChI=1S/C20H24N2O2S2/c1-3-13(2)22-26(23,24)14-9-10-18-17(12-14)15-6-4-7-16(15)20(21-18)19-8-5-11-25-19/h4-6,8-13,15-16,20-22H,3,7H2,1-2H3. The van der Waals surface area contributed by atoms with Crippen LogP contribution in [0.1, 0.15) is 49.1 Å². The zero-order valence-electron chi connectivity index (χ0n) is 15.0. The van der Waals surface area contributed by atoms with Gasteiger partial charge in [0.15, 0.2) is 0 Å². The van der Waals surface area contributed by atoms with Crippen LogP contribution in [0.5, 0.6) is 0 Å². The van der Waals surface area contributed by atoms with Crippen molar-refractivity contribution in [3.63, 3.8) is 0 Å². The van der Waals surface area contributed by atoms with Gasteiger partial charge in [-0.2, -0.15) is 0 Å². The lowest BCUT2D eigenvalue weighted by molar-refractivity contribution is 0.429. The molecular weight excluding hydrogens is 364 g/mol. The van der Waals surface area contributed by atoms with Crippen molar-refractivity contribution in [1.29, 1.82) is 0 Å². The lowest BCUT2D eigenvalue weighted by atomic mass is 9.79. The number of nitrogens with one attached hydrogen (secondary N) is 2. The van der Waals surface area contributed by atoms with Crippen LogP contribution < -0.4 is 10.0 Å². The highest BCUT2D eigenvalue weighted by Gasteiger charge is 2.38. The fourth-order valence-corrected chi connectivity index (χ4v) is 6.12. The molecule has 1 aliphatic carbocycles. The van der Waals surface area contributed by atoms with Crippen molar-refractivity contribution < 1.29 is 8.42 Å². The topological polar surface area (TPSA) is 58.2 Å². The summed E-state index contributed by atoms with van der Waals surface area (Å²) in [5.74, 6) is 0.693. The fourth-order valence-electron chi connectivity index (χ4n) is 3.91. The smallest absolute Gasteiger partial charge is 0.240 e. The summed E-state index contributed by atoms with van der Waals surface area (Å²) in [4.78, 5) is 1.69. The van der Waals surface area contributed by atoms with E-state index >= 15 is 0 Å². The van der Waals surface area contributed by atoms with Crippen molar-refractivity contribution in [2.24, 2.45) is 5.92 Å². The van der Waals surface area contributed by atoms with Gasteiger partial charge in [0.1, 0.15) is 0 Å². The molecule has 0 fully saturated rings. The zero-order chi connectivity index (χ0) is 18.3. The first-order valence-corrected chi connectivity index (χ1v) is 11.5. The second-order valence-electron chi connectivity index (χ2n) is 7.17. The van der Waals surface area contributed by atoms with Crippen LogP contribution in [0.15, 0.2) is 52.8 Å². The molecule has 138 valence electrons. The molecule has 0 bridgehead atoms. The van der Waals surface area contributed by atoms with E-state index in [1.807, 2.05) is 26.0 Å². The zero-order valence-corrected chi connectivity index (χ0v) is 16.6. The predicted molar refractivity (Wildman–Crippen MR) is 107 cm³/mol. The largest absolute Gasteiger partial charge is 0.377 e. The van der Waals surface area contributed by atoms with Gasteiger partial charge < -0.3 is 5.32 Å². The van der Waals surface area contributed by atoms with Crippen molar-refractivity contribution in [1.82, 2.24) is 4.72 Å². The van der Waals surface area contributed by atoms with E-state index in [1.54, 1.807) is 17.4 Å². The van der Waals surface area contributed by atoms with E-state index in [4.69, 9.17) is 0 Å². The van der Waals surface area contributed by atoms with Gasteiger partial charge in [0, 0.05) is 22.5 Å². The predicted octanol–water partition coefficient (Wildman–Crippen LogP) is 4.65. The van der Waals surface area contributed by atoms with Crippen molar-refractivity contribution >= 4 is 27.0 Å². The maximum atomic E-state index is 12.7. The Labute approximate surface area is 159 Å². The van der Waals surface area contributed by atoms with E-state index in [2.05, 4.69) is 39.7 Å². The molecule has 2 N–H and O–H groups in total. The van der Waals surface area contributed by atoms with E-state index in [1.165, 1.54) is 4.88 Å². The first kappa shape index (κ1) is 17.8. The van der Waals surface area contributed by atoms with E-state index in [0.717, 1.165) is 24.1 Å². The van der Waals surface area contributed by atoms with Gasteiger partial charge in [0.25, 0.3) is 0 Å². The molecule has 4 rings (SSSR count). The molecule has 0 saturated carbocycles. The van der Waals surface area contributed by atoms with Crippen LogP contribution in [0.3, 0.4) is 0 Å². The average molecular weight is 389 g/mol. The summed E-state index contributed by atoms with van der Waals surface area (Å²) < 4.78 is 28.1. The van der Waals surface area contributed by atoms with Gasteiger partial charge >= 0.3 is 0 Å². The fraction of sp³-hybridized carbons (Fsp3) is 0.400. The Morgan fingerprint density at radius 3 is 2.92 bits per heavy atom. The van der Waals surface area contributed by atoms with Gasteiger partial charge in [-0.1, -0.05) is 25.1 Å². The third kappa shape index (κ3) is 3.10. The molecule has 0 spiro atoms. The molecule has 0 amide bonds. The molecule has 4 nitrogen and oxygen atoms in total. The molecule has 6 heteroatoms. The van der Waals surface area contributed by atoms with Crippen LogP contribution in [0, 0.1) is 5.92 Å². The van der Waals surface area contributed by atoms with Crippen LogP contribution in [0.25, 0.3) is 0 Å². The second kappa shape index (κ2) is 6.83. The molecule has 0 radical (unpaired) electrons. The maximum Gasteiger partial charge on any atom is 0.240 e. The molecule has 1 aromatic heterocycles. The number of hydrogen-bond acceptors (Lipinski definition) is 4. The van der Waals surface area contributed by atoms with Gasteiger partial charge in [-0.15, -0.1) is 11.3 Å². The Morgan fingerprint density at radius 1 is 1.35 bits per heavy atom. The van der Waals surface area contributed by atoms with Crippen LogP contribution >= 0.6 is 11.3 Å². The van der Waals surface area contributed by atoms with Crippen molar-refractivity contribution in [2.45, 2.75) is 49.6 Å². The first-order valence-electron chi connectivity index (χ1n) is 9.12. The minimum atomic E-state index is -3.49.